The number of rotatable bonds is 11. The second-order valence-electron chi connectivity index (χ2n) is 19.1. The third-order valence-corrected chi connectivity index (χ3v) is 14.9. The summed E-state index contributed by atoms with van der Waals surface area (Å²) in [7, 11) is 0. The summed E-state index contributed by atoms with van der Waals surface area (Å²) in [6, 6.07) is 26.0. The van der Waals surface area contributed by atoms with Crippen LogP contribution in [0.5, 0.6) is 0 Å². The lowest BCUT2D eigenvalue weighted by Crippen LogP contribution is -2.40. The number of fused-ring (bicyclic) bond motifs is 6. The van der Waals surface area contributed by atoms with Gasteiger partial charge in [-0.2, -0.15) is 0 Å². The molecule has 0 spiro atoms. The van der Waals surface area contributed by atoms with E-state index in [0.717, 1.165) is 72.7 Å². The lowest BCUT2D eigenvalue weighted by atomic mass is 9.97. The number of anilines is 2. The van der Waals surface area contributed by atoms with E-state index in [9.17, 15) is 19.2 Å². The third-order valence-electron chi connectivity index (χ3n) is 14.9. The molecule has 8 heterocycles. The van der Waals surface area contributed by atoms with Crippen molar-refractivity contribution >= 4 is 46.0 Å². The summed E-state index contributed by atoms with van der Waals surface area (Å²) in [6.45, 7) is 5.40. The van der Waals surface area contributed by atoms with E-state index in [1.54, 1.807) is 31.7 Å². The van der Waals surface area contributed by atoms with Gasteiger partial charge in [0, 0.05) is 82.9 Å². The predicted molar refractivity (Wildman–Crippen MR) is 275 cm³/mol. The summed E-state index contributed by atoms with van der Waals surface area (Å²) in [4.78, 5) is 82.4. The Morgan fingerprint density at radius 3 is 1.52 bits per heavy atom. The molecule has 4 aliphatic rings. The molecule has 2 aliphatic heterocycles. The maximum atomic E-state index is 13.0. The summed E-state index contributed by atoms with van der Waals surface area (Å²) in [5.41, 5.74) is 19.8. The summed E-state index contributed by atoms with van der Waals surface area (Å²) in [6.07, 6.45) is 18.3. The molecule has 4 unspecified atom stereocenters. The number of pyridine rings is 2. The molecule has 16 nitrogen and oxygen atoms in total. The molecule has 6 atom stereocenters. The molecule has 2 aromatic carbocycles. The number of carbonyl (C=O) groups is 4. The van der Waals surface area contributed by atoms with Crippen molar-refractivity contribution in [3.63, 3.8) is 0 Å². The molecule has 2 saturated carbocycles. The van der Waals surface area contributed by atoms with Crippen LogP contribution in [0.1, 0.15) is 101 Å². The highest BCUT2D eigenvalue weighted by Crippen LogP contribution is 2.52. The van der Waals surface area contributed by atoms with Gasteiger partial charge in [-0.15, -0.1) is 0 Å². The molecule has 73 heavy (non-hydrogen) atoms. The number of likely N-dealkylation sites (tertiary alicyclic amines) is 2. The SMILES string of the molecule is C=CC(=O)N1C2CC[C@@H](C2)C1c1nc(-c2ccc(C(=O)Cc3ccccn3)cc2)c2c(N)nccn12.CC#CC(=O)N1C2CC[C@@H](C2)C1c1nc(-c2ccc(C(=O)Cc3ccccn3)cc2)c2c(N)nccn12. The van der Waals surface area contributed by atoms with Gasteiger partial charge >= 0.3 is 0 Å². The van der Waals surface area contributed by atoms with Crippen LogP contribution in [0.25, 0.3) is 33.5 Å². The Hall–Kier alpha value is -8.84. The number of ketones is 2. The van der Waals surface area contributed by atoms with E-state index in [1.165, 1.54) is 6.08 Å². The van der Waals surface area contributed by atoms with Crippen molar-refractivity contribution in [2.24, 2.45) is 11.8 Å². The largest absolute Gasteiger partial charge is 0.382 e. The Bertz CT molecular complexity index is 3510. The summed E-state index contributed by atoms with van der Waals surface area (Å²) in [5, 5.41) is 0. The lowest BCUT2D eigenvalue weighted by Gasteiger charge is -2.33. The van der Waals surface area contributed by atoms with Gasteiger partial charge in [0.1, 0.15) is 45.7 Å². The minimum absolute atomic E-state index is 0.00243. The highest BCUT2D eigenvalue weighted by atomic mass is 16.2. The number of aromatic nitrogens is 8. The molecular weight excluding hydrogens is 917 g/mol. The standard InChI is InChI=1S/C29H26N6O2.C28H26N6O2/c1-2-5-24(37)35-22-12-11-20(16-22)26(35)29-33-25(27-28(30)32-14-15-34(27)29)19-9-7-18(8-10-19)23(36)17-21-6-3-4-13-31-21;1-2-23(36)34-21-11-10-19(15-21)25(34)28-32-24(26-27(29)31-13-14-33(26)28)18-8-6-17(7-9-18)22(35)16-20-5-3-4-12-30-20/h3-4,6-10,13-15,20,22,26H,11-12,16-17H2,1H3,(H2,30,32);2-9,12-14,19,21,25H,1,10-11,15-16H2,(H2,29,31)/t20-,22?,26?;19-,21?,25?/m00/s1. The first-order valence-corrected chi connectivity index (χ1v) is 24.6. The molecule has 4 bridgehead atoms. The number of benzene rings is 2. The molecule has 4 fully saturated rings. The Morgan fingerprint density at radius 1 is 0.616 bits per heavy atom. The minimum Gasteiger partial charge on any atom is -0.382 e. The van der Waals surface area contributed by atoms with Gasteiger partial charge in [0.15, 0.2) is 11.6 Å². The van der Waals surface area contributed by atoms with Crippen LogP contribution in [0.3, 0.4) is 0 Å². The van der Waals surface area contributed by atoms with E-state index in [4.69, 9.17) is 21.4 Å². The van der Waals surface area contributed by atoms with Crippen LogP contribution in [0.15, 0.2) is 135 Å². The van der Waals surface area contributed by atoms with Crippen molar-refractivity contribution in [1.82, 2.24) is 48.5 Å². The Kier molecular flexibility index (Phi) is 12.4. The first kappa shape index (κ1) is 46.5. The maximum absolute atomic E-state index is 13.0. The average Bonchev–Trinajstić information content (AvgIpc) is 4.31. The Morgan fingerprint density at radius 2 is 1.08 bits per heavy atom. The van der Waals surface area contributed by atoms with Crippen molar-refractivity contribution in [2.75, 3.05) is 11.5 Å². The molecule has 0 radical (unpaired) electrons. The van der Waals surface area contributed by atoms with E-state index in [1.807, 2.05) is 116 Å². The van der Waals surface area contributed by atoms with Crippen LogP contribution in [-0.4, -0.2) is 84.0 Å². The van der Waals surface area contributed by atoms with Crippen LogP contribution < -0.4 is 11.5 Å². The van der Waals surface area contributed by atoms with Crippen molar-refractivity contribution in [2.45, 2.75) is 82.5 Å². The Balaban J connectivity index is 0.000000157. The summed E-state index contributed by atoms with van der Waals surface area (Å²) < 4.78 is 3.93. The number of hydrogen-bond donors (Lipinski definition) is 2. The number of carbonyl (C=O) groups excluding carboxylic acids is 4. The van der Waals surface area contributed by atoms with E-state index in [0.29, 0.717) is 57.0 Å². The maximum Gasteiger partial charge on any atom is 0.299 e. The highest BCUT2D eigenvalue weighted by Gasteiger charge is 2.51. The van der Waals surface area contributed by atoms with E-state index >= 15 is 0 Å². The fraction of sp³-hybridized carbons (Fsp3) is 0.263. The second kappa shape index (κ2) is 19.4. The van der Waals surface area contributed by atoms with Gasteiger partial charge < -0.3 is 21.3 Å². The molecule has 12 rings (SSSR count). The van der Waals surface area contributed by atoms with E-state index in [2.05, 4.69) is 38.4 Å². The van der Waals surface area contributed by atoms with Gasteiger partial charge in [-0.3, -0.25) is 37.9 Å². The molecule has 8 aromatic rings. The zero-order valence-electron chi connectivity index (χ0n) is 40.2. The van der Waals surface area contributed by atoms with Gasteiger partial charge in [0.2, 0.25) is 5.91 Å². The summed E-state index contributed by atoms with van der Waals surface area (Å²) in [5.74, 6) is 8.21. The van der Waals surface area contributed by atoms with Crippen LogP contribution in [0, 0.1) is 23.7 Å². The van der Waals surface area contributed by atoms with E-state index < -0.39 is 0 Å². The number of hydrogen-bond acceptors (Lipinski definition) is 12. The highest BCUT2D eigenvalue weighted by molar-refractivity contribution is 5.99. The number of nitrogens with two attached hydrogens (primary N) is 2. The van der Waals surface area contributed by atoms with Gasteiger partial charge in [-0.1, -0.05) is 73.2 Å². The zero-order valence-corrected chi connectivity index (χ0v) is 40.2. The molecule has 4 N–H and O–H groups in total. The quantitative estimate of drug-likeness (QED) is 0.0719. The number of piperidine rings is 2. The van der Waals surface area contributed by atoms with Gasteiger partial charge in [0.25, 0.3) is 5.91 Å². The lowest BCUT2D eigenvalue weighted by molar-refractivity contribution is -0.131. The topological polar surface area (TPSA) is 213 Å². The number of Topliss-reactive ketones (excluding diaryl/α,β-unsaturated/α-hetero) is 2. The van der Waals surface area contributed by atoms with Gasteiger partial charge in [-0.05, 0) is 93.5 Å². The van der Waals surface area contributed by atoms with Gasteiger partial charge in [0.05, 0.1) is 24.9 Å². The fourth-order valence-electron chi connectivity index (χ4n) is 11.7. The number of nitrogens with zero attached hydrogens (tertiary/aromatic N) is 10. The monoisotopic (exact) mass is 968 g/mol. The normalized spacial score (nSPS) is 20.4. The third kappa shape index (κ3) is 8.56. The number of nitrogen functional groups attached to an aromatic ring is 2. The first-order valence-electron chi connectivity index (χ1n) is 24.6. The average molecular weight is 969 g/mol. The smallest absolute Gasteiger partial charge is 0.299 e. The predicted octanol–water partition coefficient (Wildman–Crippen LogP) is 7.91. The first-order chi connectivity index (χ1) is 35.6. The molecule has 2 aliphatic carbocycles. The second-order valence-corrected chi connectivity index (χ2v) is 19.1. The van der Waals surface area contributed by atoms with E-state index in [-0.39, 0.29) is 60.4 Å². The molecule has 2 amide bonds. The molecular formula is C57H52N12O4. The minimum atomic E-state index is -0.172. The molecule has 2 saturated heterocycles. The molecule has 364 valence electrons. The van der Waals surface area contributed by atoms with Crippen molar-refractivity contribution < 1.29 is 19.2 Å². The zero-order chi connectivity index (χ0) is 50.3. The fourth-order valence-corrected chi connectivity index (χ4v) is 11.7. The Labute approximate surface area is 421 Å². The molecule has 6 aromatic heterocycles. The van der Waals surface area contributed by atoms with Crippen LogP contribution in [-0.2, 0) is 22.4 Å². The summed E-state index contributed by atoms with van der Waals surface area (Å²) >= 11 is 0. The van der Waals surface area contributed by atoms with Crippen LogP contribution >= 0.6 is 0 Å². The molecule has 16 heteroatoms. The van der Waals surface area contributed by atoms with Crippen molar-refractivity contribution in [3.8, 4) is 34.4 Å². The van der Waals surface area contributed by atoms with Crippen molar-refractivity contribution in [3.05, 3.63) is 169 Å². The van der Waals surface area contributed by atoms with Crippen molar-refractivity contribution in [1.29, 1.82) is 0 Å². The number of imidazole rings is 2. The number of amides is 2. The van der Waals surface area contributed by atoms with Gasteiger partial charge in [-0.25, -0.2) is 19.9 Å². The van der Waals surface area contributed by atoms with Crippen LogP contribution in [0.4, 0.5) is 11.6 Å². The van der Waals surface area contributed by atoms with Crippen LogP contribution in [0.2, 0.25) is 0 Å².